The first-order valence-electron chi connectivity index (χ1n) is 9.71. The maximum Gasteiger partial charge on any atom is 0.325 e. The lowest BCUT2D eigenvalue weighted by molar-refractivity contribution is -0.132. The second-order valence-electron chi connectivity index (χ2n) is 7.72. The normalized spacial score (nSPS) is 21.0. The molecule has 0 spiro atoms. The predicted molar refractivity (Wildman–Crippen MR) is 108 cm³/mol. The van der Waals surface area contributed by atoms with Gasteiger partial charge in [-0.25, -0.2) is 4.79 Å². The average molecular weight is 412 g/mol. The van der Waals surface area contributed by atoms with Crippen molar-refractivity contribution in [2.45, 2.75) is 32.4 Å². The molecule has 0 saturated carbocycles. The van der Waals surface area contributed by atoms with Crippen molar-refractivity contribution in [3.8, 4) is 17.2 Å². The lowest BCUT2D eigenvalue weighted by Gasteiger charge is -2.23. The Morgan fingerprint density at radius 3 is 2.60 bits per heavy atom. The number of nitrogens with zero attached hydrogens (tertiary/aromatic N) is 1. The lowest BCUT2D eigenvalue weighted by Crippen LogP contribution is -2.42. The van der Waals surface area contributed by atoms with E-state index in [1.54, 1.807) is 25.1 Å². The highest BCUT2D eigenvalue weighted by atomic mass is 16.7. The number of aliphatic hydroxyl groups is 1. The van der Waals surface area contributed by atoms with Crippen LogP contribution in [0.4, 0.5) is 4.79 Å². The summed E-state index contributed by atoms with van der Waals surface area (Å²) in [5, 5.41) is 13.1. The number of carbonyl (C=O) groups is 2. The van der Waals surface area contributed by atoms with Crippen molar-refractivity contribution in [2.24, 2.45) is 0 Å². The highest BCUT2D eigenvalue weighted by Crippen LogP contribution is 2.37. The zero-order valence-corrected chi connectivity index (χ0v) is 17.1. The number of aliphatic hydroxyl groups excluding tert-OH is 1. The second-order valence-corrected chi connectivity index (χ2v) is 7.72. The number of ether oxygens (including phenoxy) is 3. The fourth-order valence-electron chi connectivity index (χ4n) is 3.74. The largest absolute Gasteiger partial charge is 0.490 e. The van der Waals surface area contributed by atoms with Crippen LogP contribution in [0.15, 0.2) is 36.4 Å². The Kier molecular flexibility index (Phi) is 5.03. The van der Waals surface area contributed by atoms with Gasteiger partial charge in [0.15, 0.2) is 11.5 Å². The van der Waals surface area contributed by atoms with E-state index in [0.29, 0.717) is 22.8 Å². The van der Waals surface area contributed by atoms with Crippen molar-refractivity contribution in [3.63, 3.8) is 0 Å². The molecule has 0 bridgehead atoms. The molecular formula is C22H24N2O6. The molecule has 0 aromatic heterocycles. The summed E-state index contributed by atoms with van der Waals surface area (Å²) in [6, 6.07) is 10.3. The van der Waals surface area contributed by atoms with Crippen molar-refractivity contribution in [2.75, 3.05) is 19.9 Å². The van der Waals surface area contributed by atoms with Crippen LogP contribution < -0.4 is 19.5 Å². The molecule has 2 aliphatic heterocycles. The fourth-order valence-corrected chi connectivity index (χ4v) is 3.74. The van der Waals surface area contributed by atoms with Crippen LogP contribution in [-0.2, 0) is 10.3 Å². The summed E-state index contributed by atoms with van der Waals surface area (Å²) in [7, 11) is 0. The number of carbonyl (C=O) groups excluding carboxylic acids is 2. The van der Waals surface area contributed by atoms with E-state index < -0.39 is 23.6 Å². The summed E-state index contributed by atoms with van der Waals surface area (Å²) >= 11 is 0. The number of rotatable bonds is 6. The molecular weight excluding hydrogens is 388 g/mol. The quantitative estimate of drug-likeness (QED) is 0.707. The zero-order valence-electron chi connectivity index (χ0n) is 17.1. The SMILES string of the molecule is Cc1cccc(C)c1OCC(O)CN1C(=O)NC(C)(c2ccc3c(c2)OCO3)C1=O. The van der Waals surface area contributed by atoms with E-state index in [4.69, 9.17) is 14.2 Å². The molecule has 1 saturated heterocycles. The van der Waals surface area contributed by atoms with Gasteiger partial charge in [0.05, 0.1) is 6.54 Å². The summed E-state index contributed by atoms with van der Waals surface area (Å²) in [5.74, 6) is 1.36. The number of aryl methyl sites for hydroxylation is 2. The van der Waals surface area contributed by atoms with E-state index in [9.17, 15) is 14.7 Å². The van der Waals surface area contributed by atoms with Gasteiger partial charge in [0, 0.05) is 0 Å². The van der Waals surface area contributed by atoms with Gasteiger partial charge in [-0.15, -0.1) is 0 Å². The molecule has 0 aliphatic carbocycles. The number of hydrogen-bond donors (Lipinski definition) is 2. The first-order chi connectivity index (χ1) is 14.3. The number of β-amino-alcohol motifs (C(OH)–C–C–N with tert-alkyl or cyclic N) is 1. The number of fused-ring (bicyclic) bond motifs is 1. The first-order valence-corrected chi connectivity index (χ1v) is 9.71. The van der Waals surface area contributed by atoms with Crippen molar-refractivity contribution in [1.29, 1.82) is 0 Å². The summed E-state index contributed by atoms with van der Waals surface area (Å²) in [5.41, 5.74) is 1.22. The maximum atomic E-state index is 13.1. The van der Waals surface area contributed by atoms with Crippen LogP contribution in [0.25, 0.3) is 0 Å². The van der Waals surface area contributed by atoms with Gasteiger partial charge in [0.25, 0.3) is 5.91 Å². The number of imide groups is 1. The molecule has 158 valence electrons. The molecule has 2 unspecified atom stereocenters. The standard InChI is InChI=1S/C22H24N2O6/c1-13-5-4-6-14(2)19(13)28-11-16(25)10-24-20(26)22(3,23-21(24)27)15-7-8-17-18(9-15)30-12-29-17/h4-9,16,25H,10-12H2,1-3H3,(H,23,27). The average Bonchev–Trinajstić information content (AvgIpc) is 3.26. The Balaban J connectivity index is 1.45. The van der Waals surface area contributed by atoms with Crippen LogP contribution in [0, 0.1) is 13.8 Å². The molecule has 3 amide bonds. The molecule has 1 fully saturated rings. The van der Waals surface area contributed by atoms with Crippen LogP contribution in [0.2, 0.25) is 0 Å². The van der Waals surface area contributed by atoms with Gasteiger partial charge in [0.2, 0.25) is 6.79 Å². The Hall–Kier alpha value is -3.26. The molecule has 2 aliphatic rings. The number of urea groups is 1. The first kappa shape index (κ1) is 20.0. The highest BCUT2D eigenvalue weighted by molar-refractivity contribution is 6.07. The zero-order chi connectivity index (χ0) is 21.5. The van der Waals surface area contributed by atoms with Crippen LogP contribution in [0.1, 0.15) is 23.6 Å². The third kappa shape index (κ3) is 3.43. The van der Waals surface area contributed by atoms with E-state index in [0.717, 1.165) is 16.0 Å². The summed E-state index contributed by atoms with van der Waals surface area (Å²) in [6.45, 7) is 5.38. The number of hydrogen-bond acceptors (Lipinski definition) is 6. The molecule has 2 N–H and O–H groups in total. The van der Waals surface area contributed by atoms with Gasteiger partial charge in [0.1, 0.15) is 24.0 Å². The topological polar surface area (TPSA) is 97.3 Å². The fraction of sp³-hybridized carbons (Fsp3) is 0.364. The van der Waals surface area contributed by atoms with Crippen LogP contribution in [0.5, 0.6) is 17.2 Å². The Bertz CT molecular complexity index is 987. The highest BCUT2D eigenvalue weighted by Gasteiger charge is 2.49. The van der Waals surface area contributed by atoms with Crippen molar-refractivity contribution >= 4 is 11.9 Å². The van der Waals surface area contributed by atoms with Gasteiger partial charge in [-0.3, -0.25) is 9.69 Å². The molecule has 8 nitrogen and oxygen atoms in total. The summed E-state index contributed by atoms with van der Waals surface area (Å²) < 4.78 is 16.4. The third-order valence-electron chi connectivity index (χ3n) is 5.45. The summed E-state index contributed by atoms with van der Waals surface area (Å²) in [6.07, 6.45) is -1.03. The van der Waals surface area contributed by atoms with Gasteiger partial charge in [-0.05, 0) is 49.6 Å². The number of benzene rings is 2. The van der Waals surface area contributed by atoms with Crippen molar-refractivity contribution in [1.82, 2.24) is 10.2 Å². The van der Waals surface area contributed by atoms with Gasteiger partial charge in [-0.2, -0.15) is 0 Å². The van der Waals surface area contributed by atoms with E-state index in [1.165, 1.54) is 0 Å². The van der Waals surface area contributed by atoms with Crippen LogP contribution >= 0.6 is 0 Å². The minimum absolute atomic E-state index is 0.0382. The summed E-state index contributed by atoms with van der Waals surface area (Å²) in [4.78, 5) is 26.6. The van der Waals surface area contributed by atoms with Gasteiger partial charge >= 0.3 is 6.03 Å². The molecule has 2 heterocycles. The second kappa shape index (κ2) is 7.53. The molecule has 8 heteroatoms. The Labute approximate surface area is 174 Å². The minimum Gasteiger partial charge on any atom is -0.490 e. The molecule has 2 aromatic rings. The van der Waals surface area contributed by atoms with Gasteiger partial charge in [-0.1, -0.05) is 24.3 Å². The van der Waals surface area contributed by atoms with E-state index in [1.807, 2.05) is 32.0 Å². The van der Waals surface area contributed by atoms with E-state index in [-0.39, 0.29) is 19.9 Å². The predicted octanol–water partition coefficient (Wildman–Crippen LogP) is 2.24. The lowest BCUT2D eigenvalue weighted by atomic mass is 9.91. The molecule has 2 atom stereocenters. The van der Waals surface area contributed by atoms with Crippen LogP contribution in [0.3, 0.4) is 0 Å². The van der Waals surface area contributed by atoms with Gasteiger partial charge < -0.3 is 24.6 Å². The minimum atomic E-state index is -1.26. The molecule has 4 rings (SSSR count). The number of nitrogens with one attached hydrogen (secondary N) is 1. The number of para-hydroxylation sites is 1. The third-order valence-corrected chi connectivity index (χ3v) is 5.45. The molecule has 30 heavy (non-hydrogen) atoms. The Morgan fingerprint density at radius 1 is 1.17 bits per heavy atom. The van der Waals surface area contributed by atoms with Crippen molar-refractivity contribution in [3.05, 3.63) is 53.1 Å². The van der Waals surface area contributed by atoms with E-state index in [2.05, 4.69) is 5.32 Å². The van der Waals surface area contributed by atoms with E-state index >= 15 is 0 Å². The van der Waals surface area contributed by atoms with Crippen LogP contribution in [-0.4, -0.2) is 48.0 Å². The van der Waals surface area contributed by atoms with Crippen molar-refractivity contribution < 1.29 is 28.9 Å². The maximum absolute atomic E-state index is 13.1. The number of amides is 3. The Morgan fingerprint density at radius 2 is 1.87 bits per heavy atom. The molecule has 0 radical (unpaired) electrons. The molecule has 2 aromatic carbocycles. The monoisotopic (exact) mass is 412 g/mol. The smallest absolute Gasteiger partial charge is 0.325 e.